The monoisotopic (exact) mass is 465 g/mol. The summed E-state index contributed by atoms with van der Waals surface area (Å²) in [6.45, 7) is 0.223. The second kappa shape index (κ2) is 9.81. The first kappa shape index (κ1) is 22.6. The molecule has 5 nitrogen and oxygen atoms in total. The Morgan fingerprint density at radius 3 is 2.48 bits per heavy atom. The van der Waals surface area contributed by atoms with Crippen molar-refractivity contribution >= 4 is 28.8 Å². The number of ether oxygens (including phenoxy) is 1. The van der Waals surface area contributed by atoms with Crippen LogP contribution in [0.2, 0.25) is 5.02 Å². The first-order chi connectivity index (χ1) is 14.7. The Balaban J connectivity index is 1.55. The minimum Gasteiger partial charge on any atom is -0.486 e. The smallest absolute Gasteiger partial charge is 0.416 e. The number of rotatable bonds is 7. The highest BCUT2D eigenvalue weighted by Gasteiger charge is 2.30. The van der Waals surface area contributed by atoms with Crippen molar-refractivity contribution < 1.29 is 22.7 Å². The van der Waals surface area contributed by atoms with Crippen molar-refractivity contribution in [2.24, 2.45) is 0 Å². The second-order valence-corrected chi connectivity index (χ2v) is 7.78. The van der Waals surface area contributed by atoms with Crippen molar-refractivity contribution in [2.75, 3.05) is 0 Å². The zero-order valence-electron chi connectivity index (χ0n) is 15.8. The number of halogens is 4. The number of amides is 1. The molecule has 1 amide bonds. The summed E-state index contributed by atoms with van der Waals surface area (Å²) in [5, 5.41) is 14.8. The van der Waals surface area contributed by atoms with Crippen LogP contribution in [0.4, 0.5) is 13.2 Å². The van der Waals surface area contributed by atoms with Crippen LogP contribution in [0.15, 0.2) is 53.9 Å². The van der Waals surface area contributed by atoms with Gasteiger partial charge < -0.3 is 10.1 Å². The third kappa shape index (κ3) is 6.44. The molecule has 0 aliphatic rings. The fourth-order valence-corrected chi connectivity index (χ4v) is 3.43. The highest BCUT2D eigenvalue weighted by Crippen LogP contribution is 2.30. The molecule has 3 aromatic rings. The number of hydrogen-bond acceptors (Lipinski definition) is 5. The Morgan fingerprint density at radius 1 is 1.19 bits per heavy atom. The number of aromatic nitrogens is 1. The summed E-state index contributed by atoms with van der Waals surface area (Å²) >= 11 is 7.15. The van der Waals surface area contributed by atoms with Crippen LogP contribution in [0.3, 0.4) is 0 Å². The molecule has 1 atom stereocenters. The molecule has 1 unspecified atom stereocenters. The van der Waals surface area contributed by atoms with Crippen molar-refractivity contribution in [3.63, 3.8) is 0 Å². The topological polar surface area (TPSA) is 75.0 Å². The molecule has 0 spiro atoms. The van der Waals surface area contributed by atoms with E-state index in [0.717, 1.165) is 12.1 Å². The molecule has 1 heterocycles. The van der Waals surface area contributed by atoms with Gasteiger partial charge in [0.1, 0.15) is 23.4 Å². The number of nitriles is 1. The lowest BCUT2D eigenvalue weighted by Crippen LogP contribution is -2.29. The van der Waals surface area contributed by atoms with Crippen LogP contribution < -0.4 is 10.1 Å². The number of hydrogen-bond donors (Lipinski definition) is 1. The lowest BCUT2D eigenvalue weighted by molar-refractivity contribution is -0.137. The van der Waals surface area contributed by atoms with Gasteiger partial charge in [-0.1, -0.05) is 23.7 Å². The molecule has 0 saturated heterocycles. The fourth-order valence-electron chi connectivity index (χ4n) is 2.60. The van der Waals surface area contributed by atoms with E-state index in [1.54, 1.807) is 29.6 Å². The summed E-state index contributed by atoms with van der Waals surface area (Å²) in [7, 11) is 0. The van der Waals surface area contributed by atoms with E-state index in [0.29, 0.717) is 21.5 Å². The Labute approximate surface area is 185 Å². The Kier molecular flexibility index (Phi) is 7.15. The van der Waals surface area contributed by atoms with Gasteiger partial charge in [0.15, 0.2) is 0 Å². The number of thiazole rings is 1. The first-order valence-corrected chi connectivity index (χ1v) is 10.2. The van der Waals surface area contributed by atoms with Gasteiger partial charge in [-0.2, -0.15) is 18.4 Å². The molecule has 10 heteroatoms. The first-order valence-electron chi connectivity index (χ1n) is 8.92. The number of alkyl halides is 3. The van der Waals surface area contributed by atoms with E-state index in [-0.39, 0.29) is 18.6 Å². The van der Waals surface area contributed by atoms with Gasteiger partial charge in [-0.15, -0.1) is 11.3 Å². The van der Waals surface area contributed by atoms with Crippen LogP contribution in [-0.2, 0) is 24.0 Å². The summed E-state index contributed by atoms with van der Waals surface area (Å²) in [6.07, 6.45) is -4.54. The van der Waals surface area contributed by atoms with Crippen molar-refractivity contribution in [1.82, 2.24) is 10.3 Å². The van der Waals surface area contributed by atoms with E-state index in [4.69, 9.17) is 16.3 Å². The Morgan fingerprint density at radius 2 is 1.87 bits per heavy atom. The van der Waals surface area contributed by atoms with Crippen LogP contribution in [0.1, 0.15) is 27.9 Å². The molecule has 0 aliphatic heterocycles. The van der Waals surface area contributed by atoms with Gasteiger partial charge in [0.25, 0.3) is 0 Å². The molecule has 160 valence electrons. The lowest BCUT2D eigenvalue weighted by atomic mass is 10.1. The zero-order chi connectivity index (χ0) is 22.4. The highest BCUT2D eigenvalue weighted by molar-refractivity contribution is 7.09. The van der Waals surface area contributed by atoms with Crippen LogP contribution >= 0.6 is 22.9 Å². The zero-order valence-corrected chi connectivity index (χ0v) is 17.4. The van der Waals surface area contributed by atoms with Crippen molar-refractivity contribution in [3.8, 4) is 11.8 Å². The molecule has 0 aliphatic carbocycles. The maximum atomic E-state index is 12.7. The third-order valence-corrected chi connectivity index (χ3v) is 5.25. The molecular formula is C21H15ClF3N3O2S. The van der Waals surface area contributed by atoms with E-state index in [9.17, 15) is 23.2 Å². The molecule has 0 radical (unpaired) electrons. The molecule has 1 N–H and O–H groups in total. The van der Waals surface area contributed by atoms with Gasteiger partial charge in [0, 0.05) is 10.4 Å². The third-order valence-electron chi connectivity index (χ3n) is 4.12. The number of benzene rings is 2. The molecule has 0 fully saturated rings. The quantitative estimate of drug-likeness (QED) is 0.512. The summed E-state index contributed by atoms with van der Waals surface area (Å²) in [4.78, 5) is 16.6. The molecule has 1 aromatic heterocycles. The fraction of sp³-hybridized carbons (Fsp3) is 0.190. The maximum Gasteiger partial charge on any atom is 0.416 e. The van der Waals surface area contributed by atoms with Crippen LogP contribution in [-0.4, -0.2) is 10.9 Å². The molecule has 3 rings (SSSR count). The average Bonchev–Trinajstić information content (AvgIpc) is 3.18. The predicted molar refractivity (Wildman–Crippen MR) is 110 cm³/mol. The van der Waals surface area contributed by atoms with E-state index >= 15 is 0 Å². The van der Waals surface area contributed by atoms with Crippen LogP contribution in [0.25, 0.3) is 0 Å². The summed E-state index contributed by atoms with van der Waals surface area (Å²) in [6, 6.07) is 11.8. The highest BCUT2D eigenvalue weighted by atomic mass is 35.5. The van der Waals surface area contributed by atoms with E-state index in [2.05, 4.69) is 10.3 Å². The van der Waals surface area contributed by atoms with Crippen molar-refractivity contribution in [1.29, 1.82) is 5.26 Å². The molecule has 31 heavy (non-hydrogen) atoms. The van der Waals surface area contributed by atoms with Crippen LogP contribution in [0.5, 0.6) is 5.75 Å². The van der Waals surface area contributed by atoms with Gasteiger partial charge in [-0.3, -0.25) is 4.79 Å². The predicted octanol–water partition coefficient (Wildman–Crippen LogP) is 5.32. The SMILES string of the molecule is N#CC(NC(=O)Cc1csc(COc2ccc(Cl)cc2)n1)c1ccc(C(F)(F)F)cc1. The van der Waals surface area contributed by atoms with Crippen LogP contribution in [0, 0.1) is 11.3 Å². The Bertz CT molecular complexity index is 1080. The van der Waals surface area contributed by atoms with Gasteiger partial charge in [0.2, 0.25) is 5.91 Å². The number of carbonyl (C=O) groups is 1. The molecule has 0 bridgehead atoms. The van der Waals surface area contributed by atoms with E-state index in [1.165, 1.54) is 23.5 Å². The molecular weight excluding hydrogens is 451 g/mol. The molecule has 2 aromatic carbocycles. The minimum absolute atomic E-state index is 0.0732. The van der Waals surface area contributed by atoms with Crippen molar-refractivity contribution in [2.45, 2.75) is 25.2 Å². The standard InChI is InChI=1S/C21H15ClF3N3O2S/c22-15-5-7-17(8-6-15)30-11-20-27-16(12-31-20)9-19(29)28-18(10-26)13-1-3-14(4-2-13)21(23,24)25/h1-8,12,18H,9,11H2,(H,28,29). The number of carbonyl (C=O) groups excluding carboxylic acids is 1. The number of nitrogens with one attached hydrogen (secondary N) is 1. The van der Waals surface area contributed by atoms with Gasteiger partial charge in [0.05, 0.1) is 23.7 Å². The second-order valence-electron chi connectivity index (χ2n) is 6.40. The lowest BCUT2D eigenvalue weighted by Gasteiger charge is -2.13. The normalized spacial score (nSPS) is 12.1. The van der Waals surface area contributed by atoms with Gasteiger partial charge in [-0.25, -0.2) is 4.98 Å². The van der Waals surface area contributed by atoms with Crippen molar-refractivity contribution in [3.05, 3.63) is 80.8 Å². The van der Waals surface area contributed by atoms with Gasteiger partial charge in [-0.05, 0) is 42.0 Å². The summed E-state index contributed by atoms with van der Waals surface area (Å²) in [5.74, 6) is 0.161. The van der Waals surface area contributed by atoms with E-state index in [1.807, 2.05) is 6.07 Å². The van der Waals surface area contributed by atoms with E-state index < -0.39 is 23.7 Å². The Hall–Kier alpha value is -3.09. The largest absolute Gasteiger partial charge is 0.486 e. The maximum absolute atomic E-state index is 12.7. The minimum atomic E-state index is -4.47. The molecule has 0 saturated carbocycles. The summed E-state index contributed by atoms with van der Waals surface area (Å²) in [5.41, 5.74) is -0.0596. The average molecular weight is 466 g/mol. The summed E-state index contributed by atoms with van der Waals surface area (Å²) < 4.78 is 43.6. The number of nitrogens with zero attached hydrogens (tertiary/aromatic N) is 2. The van der Waals surface area contributed by atoms with Gasteiger partial charge >= 0.3 is 6.18 Å².